The van der Waals surface area contributed by atoms with E-state index in [1.165, 1.54) is 12.1 Å². The highest BCUT2D eigenvalue weighted by molar-refractivity contribution is 5.74. The first-order valence-electron chi connectivity index (χ1n) is 13.9. The lowest BCUT2D eigenvalue weighted by Crippen LogP contribution is -2.31. The highest BCUT2D eigenvalue weighted by Gasteiger charge is 2.35. The molecule has 0 heterocycles. The van der Waals surface area contributed by atoms with Gasteiger partial charge < -0.3 is 10.5 Å². The Kier molecular flexibility index (Phi) is 10.7. The number of halogens is 4. The first-order valence-corrected chi connectivity index (χ1v) is 13.9. The maximum atomic E-state index is 15.1. The van der Waals surface area contributed by atoms with E-state index >= 15 is 4.39 Å². The second kappa shape index (κ2) is 14.6. The second-order valence-corrected chi connectivity index (χ2v) is 10.2. The van der Waals surface area contributed by atoms with Crippen LogP contribution in [0.3, 0.4) is 0 Å². The van der Waals surface area contributed by atoms with E-state index in [1.807, 2.05) is 89.8 Å². The van der Waals surface area contributed by atoms with Crippen molar-refractivity contribution in [1.82, 2.24) is 4.90 Å². The zero-order valence-electron chi connectivity index (χ0n) is 23.2. The molecular formula is C34H34F4N2O2. The third kappa shape index (κ3) is 8.91. The van der Waals surface area contributed by atoms with Gasteiger partial charge in [0.2, 0.25) is 5.91 Å². The molecule has 0 aromatic heterocycles. The number of aryl methyl sites for hydroxylation is 1. The molecule has 0 radical (unpaired) electrons. The normalized spacial score (nSPS) is 11.7. The number of hydrogen-bond acceptors (Lipinski definition) is 3. The molecule has 1 amide bonds. The van der Waals surface area contributed by atoms with Crippen molar-refractivity contribution in [3.8, 4) is 5.75 Å². The molecule has 0 fully saturated rings. The van der Waals surface area contributed by atoms with Gasteiger partial charge in [0, 0.05) is 37.5 Å². The molecular weight excluding hydrogens is 544 g/mol. The van der Waals surface area contributed by atoms with Gasteiger partial charge in [0.1, 0.15) is 11.6 Å². The van der Waals surface area contributed by atoms with Crippen LogP contribution >= 0.6 is 0 Å². The minimum Gasteiger partial charge on any atom is -0.494 e. The molecule has 4 nitrogen and oxygen atoms in total. The fourth-order valence-corrected chi connectivity index (χ4v) is 4.93. The van der Waals surface area contributed by atoms with Crippen LogP contribution in [-0.2, 0) is 23.9 Å². The minimum absolute atomic E-state index is 0.00262. The number of ether oxygens (including phenoxy) is 1. The Labute approximate surface area is 243 Å². The molecule has 220 valence electrons. The highest BCUT2D eigenvalue weighted by Crippen LogP contribution is 2.33. The van der Waals surface area contributed by atoms with Gasteiger partial charge in [-0.1, -0.05) is 84.9 Å². The second-order valence-electron chi connectivity index (χ2n) is 10.2. The quantitative estimate of drug-likeness (QED) is 0.126. The molecule has 8 heteroatoms. The summed E-state index contributed by atoms with van der Waals surface area (Å²) in [5.41, 5.74) is 7.05. The van der Waals surface area contributed by atoms with Crippen molar-refractivity contribution in [1.29, 1.82) is 0 Å². The molecule has 4 rings (SSSR count). The summed E-state index contributed by atoms with van der Waals surface area (Å²) in [6.45, 7) is 1.32. The van der Waals surface area contributed by atoms with Crippen LogP contribution in [0.4, 0.5) is 17.6 Å². The third-order valence-electron chi connectivity index (χ3n) is 7.09. The monoisotopic (exact) mass is 578 g/mol. The average molecular weight is 579 g/mol. The maximum absolute atomic E-state index is 15.1. The summed E-state index contributed by atoms with van der Waals surface area (Å²) in [6, 6.07) is 30.6. The summed E-state index contributed by atoms with van der Waals surface area (Å²) < 4.78 is 61.3. The van der Waals surface area contributed by atoms with E-state index in [4.69, 9.17) is 10.5 Å². The van der Waals surface area contributed by atoms with Crippen LogP contribution in [0, 0.1) is 5.82 Å². The predicted molar refractivity (Wildman–Crippen MR) is 155 cm³/mol. The van der Waals surface area contributed by atoms with Crippen LogP contribution in [0.25, 0.3) is 0 Å². The molecule has 4 aromatic carbocycles. The number of hydrogen-bond donors (Lipinski definition) is 1. The number of rotatable bonds is 14. The van der Waals surface area contributed by atoms with E-state index in [2.05, 4.69) is 0 Å². The van der Waals surface area contributed by atoms with E-state index in [0.717, 1.165) is 22.8 Å². The molecule has 0 aliphatic carbocycles. The molecule has 0 atom stereocenters. The van der Waals surface area contributed by atoms with Crippen molar-refractivity contribution in [3.63, 3.8) is 0 Å². The molecule has 2 N–H and O–H groups in total. The van der Waals surface area contributed by atoms with E-state index < -0.39 is 17.6 Å². The molecule has 0 unspecified atom stereocenters. The van der Waals surface area contributed by atoms with E-state index in [-0.39, 0.29) is 30.4 Å². The smallest absolute Gasteiger partial charge is 0.419 e. The van der Waals surface area contributed by atoms with Gasteiger partial charge in [-0.2, -0.15) is 13.2 Å². The number of nitrogens with zero attached hydrogens (tertiary/aromatic N) is 1. The van der Waals surface area contributed by atoms with Crippen LogP contribution in [0.5, 0.6) is 5.75 Å². The van der Waals surface area contributed by atoms with Crippen molar-refractivity contribution < 1.29 is 27.1 Å². The SMILES string of the molecule is NC(=O)CCc1ccc(OCCCN(Cc2cccc(C(F)(F)F)c2F)CC(c2ccccc2)c2ccccc2)cc1. The van der Waals surface area contributed by atoms with Crippen LogP contribution in [0.1, 0.15) is 46.6 Å². The molecule has 0 spiro atoms. The van der Waals surface area contributed by atoms with Crippen molar-refractivity contribution in [3.05, 3.63) is 137 Å². The average Bonchev–Trinajstić information content (AvgIpc) is 2.98. The first-order chi connectivity index (χ1) is 20.2. The minimum atomic E-state index is -4.77. The Morgan fingerprint density at radius 1 is 0.833 bits per heavy atom. The Morgan fingerprint density at radius 2 is 1.45 bits per heavy atom. The first kappa shape index (κ1) is 30.8. The Morgan fingerprint density at radius 3 is 2.02 bits per heavy atom. The molecule has 42 heavy (non-hydrogen) atoms. The van der Waals surface area contributed by atoms with Gasteiger partial charge in [-0.05, 0) is 47.7 Å². The summed E-state index contributed by atoms with van der Waals surface area (Å²) in [6.07, 6.45) is -3.37. The molecule has 0 aliphatic rings. The number of benzene rings is 4. The molecule has 4 aromatic rings. The summed E-state index contributed by atoms with van der Waals surface area (Å²) in [7, 11) is 0. The largest absolute Gasteiger partial charge is 0.494 e. The van der Waals surface area contributed by atoms with Gasteiger partial charge in [0.25, 0.3) is 0 Å². The van der Waals surface area contributed by atoms with Crippen molar-refractivity contribution in [2.24, 2.45) is 5.73 Å². The van der Waals surface area contributed by atoms with Gasteiger partial charge in [0.15, 0.2) is 0 Å². The fraction of sp³-hybridized carbons (Fsp3) is 0.265. The number of primary amides is 1. The van der Waals surface area contributed by atoms with Crippen molar-refractivity contribution in [2.45, 2.75) is 37.9 Å². The zero-order chi connectivity index (χ0) is 30.0. The van der Waals surface area contributed by atoms with Gasteiger partial charge in [-0.15, -0.1) is 0 Å². The lowest BCUT2D eigenvalue weighted by atomic mass is 9.90. The number of amides is 1. The fourth-order valence-electron chi connectivity index (χ4n) is 4.93. The van der Waals surface area contributed by atoms with Gasteiger partial charge in [-0.3, -0.25) is 9.69 Å². The van der Waals surface area contributed by atoms with E-state index in [9.17, 15) is 18.0 Å². The lowest BCUT2D eigenvalue weighted by molar-refractivity contribution is -0.140. The summed E-state index contributed by atoms with van der Waals surface area (Å²) in [5.74, 6) is -1.000. The molecule has 0 saturated heterocycles. The van der Waals surface area contributed by atoms with Gasteiger partial charge in [0.05, 0.1) is 12.2 Å². The summed E-state index contributed by atoms with van der Waals surface area (Å²) in [4.78, 5) is 13.0. The van der Waals surface area contributed by atoms with Gasteiger partial charge in [-0.25, -0.2) is 4.39 Å². The highest BCUT2D eigenvalue weighted by atomic mass is 19.4. The molecule has 0 saturated carbocycles. The van der Waals surface area contributed by atoms with Crippen molar-refractivity contribution >= 4 is 5.91 Å². The zero-order valence-corrected chi connectivity index (χ0v) is 23.2. The van der Waals surface area contributed by atoms with Gasteiger partial charge >= 0.3 is 6.18 Å². The third-order valence-corrected chi connectivity index (χ3v) is 7.09. The van der Waals surface area contributed by atoms with Crippen LogP contribution < -0.4 is 10.5 Å². The summed E-state index contributed by atoms with van der Waals surface area (Å²) >= 11 is 0. The van der Waals surface area contributed by atoms with E-state index in [1.54, 1.807) is 0 Å². The number of carbonyl (C=O) groups excluding carboxylic acids is 1. The van der Waals surface area contributed by atoms with E-state index in [0.29, 0.717) is 38.3 Å². The van der Waals surface area contributed by atoms with Crippen molar-refractivity contribution in [2.75, 3.05) is 19.7 Å². The topological polar surface area (TPSA) is 55.6 Å². The number of alkyl halides is 3. The van der Waals surface area contributed by atoms with Crippen LogP contribution in [-0.4, -0.2) is 30.5 Å². The Balaban J connectivity index is 1.50. The maximum Gasteiger partial charge on any atom is 0.419 e. The number of nitrogens with two attached hydrogens (primary N) is 1. The standard InChI is InChI=1S/C34H34F4N2O2/c35-33-28(13-7-14-31(33)34(36,37)38)23-40(21-8-22-42-29-18-15-25(16-19-29)17-20-32(39)41)24-30(26-9-3-1-4-10-26)27-11-5-2-6-12-27/h1-7,9-16,18-19,30H,8,17,20-24H2,(H2,39,41). The lowest BCUT2D eigenvalue weighted by Gasteiger charge is -2.29. The Hall–Kier alpha value is -4.17. The van der Waals surface area contributed by atoms with Crippen LogP contribution in [0.2, 0.25) is 0 Å². The van der Waals surface area contributed by atoms with Crippen LogP contribution in [0.15, 0.2) is 103 Å². The Bertz CT molecular complexity index is 1370. The summed E-state index contributed by atoms with van der Waals surface area (Å²) in [5, 5.41) is 0. The number of carbonyl (C=O) groups is 1. The molecule has 0 aliphatic heterocycles. The predicted octanol–water partition coefficient (Wildman–Crippen LogP) is 7.37. The molecule has 0 bridgehead atoms.